The topological polar surface area (TPSA) is 59.1 Å². The van der Waals surface area contributed by atoms with Gasteiger partial charge in [0.05, 0.1) is 7.11 Å². The Bertz CT molecular complexity index is 857. The molecule has 2 N–H and O–H groups in total. The fraction of sp³-hybridized carbons (Fsp3) is 0.238. The first-order valence-electron chi connectivity index (χ1n) is 8.85. The Labute approximate surface area is 154 Å². The number of anilines is 4. The lowest BCUT2D eigenvalue weighted by Gasteiger charge is -2.15. The molecule has 0 unspecified atom stereocenters. The minimum atomic E-state index is 0.537. The van der Waals surface area contributed by atoms with Gasteiger partial charge in [0.2, 0.25) is 5.95 Å². The summed E-state index contributed by atoms with van der Waals surface area (Å²) in [6.07, 6.45) is 3.68. The maximum atomic E-state index is 5.25. The van der Waals surface area contributed by atoms with Crippen molar-refractivity contribution >= 4 is 23.1 Å². The molecule has 0 bridgehead atoms. The first kappa shape index (κ1) is 17.7. The lowest BCUT2D eigenvalue weighted by molar-refractivity contribution is 0.415. The molecule has 3 aromatic rings. The standard InChI is InChI=1S/C21H24N4O/c1-4-15-8-6-9-16(5-2)20(15)24-19-12-13-22-21(25-19)23-17-10-7-11-18(14-17)26-3/h6-14H,4-5H2,1-3H3,(H2,22,23,24,25). The second kappa shape index (κ2) is 8.34. The summed E-state index contributed by atoms with van der Waals surface area (Å²) in [6.45, 7) is 4.32. The van der Waals surface area contributed by atoms with Crippen molar-refractivity contribution < 1.29 is 4.74 Å². The Morgan fingerprint density at radius 2 is 1.65 bits per heavy atom. The van der Waals surface area contributed by atoms with Crippen LogP contribution >= 0.6 is 0 Å². The molecule has 1 aromatic heterocycles. The molecule has 0 aliphatic carbocycles. The average Bonchev–Trinajstić information content (AvgIpc) is 2.68. The molecule has 134 valence electrons. The summed E-state index contributed by atoms with van der Waals surface area (Å²) in [5.41, 5.74) is 4.59. The third-order valence-corrected chi connectivity index (χ3v) is 4.23. The fourth-order valence-corrected chi connectivity index (χ4v) is 2.85. The van der Waals surface area contributed by atoms with Gasteiger partial charge in [-0.1, -0.05) is 38.1 Å². The van der Waals surface area contributed by atoms with Gasteiger partial charge in [0.15, 0.2) is 0 Å². The van der Waals surface area contributed by atoms with Crippen LogP contribution < -0.4 is 15.4 Å². The van der Waals surface area contributed by atoms with E-state index in [-0.39, 0.29) is 0 Å². The Morgan fingerprint density at radius 3 is 2.35 bits per heavy atom. The van der Waals surface area contributed by atoms with Gasteiger partial charge in [0.25, 0.3) is 0 Å². The van der Waals surface area contributed by atoms with Gasteiger partial charge in [0, 0.05) is 23.6 Å². The van der Waals surface area contributed by atoms with E-state index in [2.05, 4.69) is 52.6 Å². The van der Waals surface area contributed by atoms with Crippen molar-refractivity contribution in [2.45, 2.75) is 26.7 Å². The highest BCUT2D eigenvalue weighted by Gasteiger charge is 2.08. The highest BCUT2D eigenvalue weighted by molar-refractivity contribution is 5.66. The number of ether oxygens (including phenoxy) is 1. The molecule has 2 aromatic carbocycles. The molecule has 0 atom stereocenters. The van der Waals surface area contributed by atoms with Gasteiger partial charge in [0.1, 0.15) is 11.6 Å². The predicted octanol–water partition coefficient (Wildman–Crippen LogP) is 5.10. The number of rotatable bonds is 7. The molecule has 0 aliphatic heterocycles. The van der Waals surface area contributed by atoms with Crippen LogP contribution in [0, 0.1) is 0 Å². The number of aromatic nitrogens is 2. The van der Waals surface area contributed by atoms with Crippen LogP contribution in [0.15, 0.2) is 54.7 Å². The average molecular weight is 348 g/mol. The van der Waals surface area contributed by atoms with E-state index in [1.54, 1.807) is 13.3 Å². The molecule has 0 aliphatic rings. The number of benzene rings is 2. The minimum absolute atomic E-state index is 0.537. The second-order valence-electron chi connectivity index (χ2n) is 5.91. The second-order valence-corrected chi connectivity index (χ2v) is 5.91. The fourth-order valence-electron chi connectivity index (χ4n) is 2.85. The third kappa shape index (κ3) is 4.11. The molecule has 26 heavy (non-hydrogen) atoms. The van der Waals surface area contributed by atoms with E-state index in [1.165, 1.54) is 11.1 Å². The number of hydrogen-bond acceptors (Lipinski definition) is 5. The highest BCUT2D eigenvalue weighted by Crippen LogP contribution is 2.26. The quantitative estimate of drug-likeness (QED) is 0.622. The Kier molecular flexibility index (Phi) is 5.69. The molecule has 3 rings (SSSR count). The first-order valence-corrected chi connectivity index (χ1v) is 8.85. The van der Waals surface area contributed by atoms with Crippen LogP contribution in [0.2, 0.25) is 0 Å². The van der Waals surface area contributed by atoms with Crippen LogP contribution in [0.5, 0.6) is 5.75 Å². The van der Waals surface area contributed by atoms with E-state index in [0.29, 0.717) is 5.95 Å². The van der Waals surface area contributed by atoms with Crippen LogP contribution in [0.4, 0.5) is 23.1 Å². The van der Waals surface area contributed by atoms with Crippen molar-refractivity contribution in [3.05, 3.63) is 65.9 Å². The van der Waals surface area contributed by atoms with Gasteiger partial charge in [-0.3, -0.25) is 0 Å². The molecule has 0 fully saturated rings. The number of aryl methyl sites for hydroxylation is 2. The van der Waals surface area contributed by atoms with Crippen molar-refractivity contribution in [1.29, 1.82) is 0 Å². The summed E-state index contributed by atoms with van der Waals surface area (Å²) < 4.78 is 5.25. The number of para-hydroxylation sites is 1. The van der Waals surface area contributed by atoms with E-state index in [9.17, 15) is 0 Å². The predicted molar refractivity (Wildman–Crippen MR) is 107 cm³/mol. The molecule has 0 spiro atoms. The minimum Gasteiger partial charge on any atom is -0.497 e. The molecule has 0 amide bonds. The SMILES string of the molecule is CCc1cccc(CC)c1Nc1ccnc(Nc2cccc(OC)c2)n1. The number of nitrogens with one attached hydrogen (secondary N) is 2. The number of nitrogens with zero attached hydrogens (tertiary/aromatic N) is 2. The lowest BCUT2D eigenvalue weighted by atomic mass is 10.0. The summed E-state index contributed by atoms with van der Waals surface area (Å²) in [4.78, 5) is 8.91. The first-order chi connectivity index (χ1) is 12.7. The largest absolute Gasteiger partial charge is 0.497 e. The van der Waals surface area contributed by atoms with Gasteiger partial charge >= 0.3 is 0 Å². The van der Waals surface area contributed by atoms with E-state index in [1.807, 2.05) is 30.3 Å². The normalized spacial score (nSPS) is 10.4. The van der Waals surface area contributed by atoms with Crippen molar-refractivity contribution in [2.24, 2.45) is 0 Å². The van der Waals surface area contributed by atoms with E-state index in [4.69, 9.17) is 4.74 Å². The van der Waals surface area contributed by atoms with Gasteiger partial charge in [-0.2, -0.15) is 4.98 Å². The number of hydrogen-bond donors (Lipinski definition) is 2. The van der Waals surface area contributed by atoms with Gasteiger partial charge < -0.3 is 15.4 Å². The molecule has 0 radical (unpaired) electrons. The van der Waals surface area contributed by atoms with Crippen LogP contribution in [-0.4, -0.2) is 17.1 Å². The third-order valence-electron chi connectivity index (χ3n) is 4.23. The molecule has 0 saturated carbocycles. The van der Waals surface area contributed by atoms with Crippen LogP contribution in [0.3, 0.4) is 0 Å². The monoisotopic (exact) mass is 348 g/mol. The maximum absolute atomic E-state index is 5.25. The van der Waals surface area contributed by atoms with E-state index < -0.39 is 0 Å². The number of methoxy groups -OCH3 is 1. The van der Waals surface area contributed by atoms with Gasteiger partial charge in [-0.15, -0.1) is 0 Å². The Balaban J connectivity index is 1.84. The smallest absolute Gasteiger partial charge is 0.229 e. The maximum Gasteiger partial charge on any atom is 0.229 e. The van der Waals surface area contributed by atoms with E-state index in [0.717, 1.165) is 35.8 Å². The summed E-state index contributed by atoms with van der Waals surface area (Å²) in [6, 6.07) is 16.0. The summed E-state index contributed by atoms with van der Waals surface area (Å²) in [5, 5.41) is 6.70. The van der Waals surface area contributed by atoms with Crippen molar-refractivity contribution in [3.63, 3.8) is 0 Å². The molecule has 5 heteroatoms. The molecular weight excluding hydrogens is 324 g/mol. The molecular formula is C21H24N4O. The Morgan fingerprint density at radius 1 is 0.923 bits per heavy atom. The lowest BCUT2D eigenvalue weighted by Crippen LogP contribution is -2.04. The zero-order chi connectivity index (χ0) is 18.4. The zero-order valence-electron chi connectivity index (χ0n) is 15.4. The zero-order valence-corrected chi connectivity index (χ0v) is 15.4. The summed E-state index contributed by atoms with van der Waals surface area (Å²) in [7, 11) is 1.65. The molecule has 5 nitrogen and oxygen atoms in total. The van der Waals surface area contributed by atoms with Gasteiger partial charge in [-0.05, 0) is 42.2 Å². The van der Waals surface area contributed by atoms with Crippen LogP contribution in [-0.2, 0) is 12.8 Å². The van der Waals surface area contributed by atoms with Crippen molar-refractivity contribution in [2.75, 3.05) is 17.7 Å². The van der Waals surface area contributed by atoms with Gasteiger partial charge in [-0.25, -0.2) is 4.98 Å². The van der Waals surface area contributed by atoms with Crippen molar-refractivity contribution in [3.8, 4) is 5.75 Å². The molecule has 0 saturated heterocycles. The highest BCUT2D eigenvalue weighted by atomic mass is 16.5. The van der Waals surface area contributed by atoms with E-state index >= 15 is 0 Å². The van der Waals surface area contributed by atoms with Crippen LogP contribution in [0.25, 0.3) is 0 Å². The van der Waals surface area contributed by atoms with Crippen LogP contribution in [0.1, 0.15) is 25.0 Å². The van der Waals surface area contributed by atoms with Crippen molar-refractivity contribution in [1.82, 2.24) is 9.97 Å². The molecule has 1 heterocycles. The summed E-state index contributed by atoms with van der Waals surface area (Å²) in [5.74, 6) is 2.09. The Hall–Kier alpha value is -3.08. The summed E-state index contributed by atoms with van der Waals surface area (Å²) >= 11 is 0.